The lowest BCUT2D eigenvalue weighted by Crippen LogP contribution is -2.44. The van der Waals surface area contributed by atoms with Crippen LogP contribution in [0.3, 0.4) is 0 Å². The zero-order valence-electron chi connectivity index (χ0n) is 16.8. The zero-order chi connectivity index (χ0) is 20.5. The number of aromatic nitrogens is 1. The fraction of sp³-hybridized carbons (Fsp3) is 0.160. The minimum absolute atomic E-state index is 0.116. The summed E-state index contributed by atoms with van der Waals surface area (Å²) in [6.45, 7) is 1.37. The van der Waals surface area contributed by atoms with Crippen LogP contribution in [-0.4, -0.2) is 29.2 Å². The van der Waals surface area contributed by atoms with Gasteiger partial charge in [-0.3, -0.25) is 0 Å². The lowest BCUT2D eigenvalue weighted by Gasteiger charge is -2.37. The number of methoxy groups -OCH3 is 1. The SMILES string of the molecule is COc1ccccc1C1c2cccn2CCN1C(=O)Nc1cccc2ccccc12. The molecule has 5 rings (SSSR count). The highest BCUT2D eigenvalue weighted by atomic mass is 16.5. The van der Waals surface area contributed by atoms with Crippen molar-refractivity contribution < 1.29 is 9.53 Å². The van der Waals surface area contributed by atoms with Crippen molar-refractivity contribution in [1.29, 1.82) is 0 Å². The fourth-order valence-electron chi connectivity index (χ4n) is 4.34. The minimum Gasteiger partial charge on any atom is -0.496 e. The van der Waals surface area contributed by atoms with Crippen molar-refractivity contribution in [3.8, 4) is 5.75 Å². The first-order chi connectivity index (χ1) is 14.8. The van der Waals surface area contributed by atoms with Gasteiger partial charge in [-0.25, -0.2) is 4.79 Å². The number of fused-ring (bicyclic) bond motifs is 2. The molecule has 0 radical (unpaired) electrons. The van der Waals surface area contributed by atoms with Gasteiger partial charge in [-0.15, -0.1) is 0 Å². The number of ether oxygens (including phenoxy) is 1. The summed E-state index contributed by atoms with van der Waals surface area (Å²) < 4.78 is 7.83. The van der Waals surface area contributed by atoms with Gasteiger partial charge >= 0.3 is 6.03 Å². The number of hydrogen-bond donors (Lipinski definition) is 1. The van der Waals surface area contributed by atoms with Gasteiger partial charge in [0.05, 0.1) is 12.8 Å². The van der Waals surface area contributed by atoms with E-state index in [0.29, 0.717) is 6.54 Å². The highest BCUT2D eigenvalue weighted by molar-refractivity contribution is 6.01. The second-order valence-electron chi connectivity index (χ2n) is 7.42. The molecule has 1 aromatic heterocycles. The monoisotopic (exact) mass is 397 g/mol. The van der Waals surface area contributed by atoms with Crippen molar-refractivity contribution in [1.82, 2.24) is 9.47 Å². The number of urea groups is 1. The molecule has 30 heavy (non-hydrogen) atoms. The largest absolute Gasteiger partial charge is 0.496 e. The first kappa shape index (κ1) is 18.3. The van der Waals surface area contributed by atoms with E-state index < -0.39 is 0 Å². The normalized spacial score (nSPS) is 15.6. The van der Waals surface area contributed by atoms with E-state index in [9.17, 15) is 4.79 Å². The van der Waals surface area contributed by atoms with Crippen LogP contribution in [0, 0.1) is 0 Å². The Balaban J connectivity index is 1.54. The third kappa shape index (κ3) is 3.08. The molecule has 3 aromatic carbocycles. The lowest BCUT2D eigenvalue weighted by molar-refractivity contribution is 0.180. The molecule has 2 amide bonds. The second-order valence-corrected chi connectivity index (χ2v) is 7.42. The summed E-state index contributed by atoms with van der Waals surface area (Å²) in [4.78, 5) is 15.4. The Bertz CT molecular complexity index is 1210. The molecule has 2 heterocycles. The number of rotatable bonds is 3. The molecule has 5 nitrogen and oxygen atoms in total. The van der Waals surface area contributed by atoms with E-state index in [1.54, 1.807) is 7.11 Å². The Morgan fingerprint density at radius 2 is 1.73 bits per heavy atom. The van der Waals surface area contributed by atoms with Crippen LogP contribution in [0.5, 0.6) is 5.75 Å². The highest BCUT2D eigenvalue weighted by Crippen LogP contribution is 2.37. The standard InChI is InChI=1S/C25H23N3O2/c1-30-23-14-5-4-11-20(23)24-22-13-7-15-27(22)16-17-28(24)25(29)26-21-12-6-9-18-8-2-3-10-19(18)21/h2-15,24H,16-17H2,1H3,(H,26,29). The topological polar surface area (TPSA) is 46.5 Å². The maximum absolute atomic E-state index is 13.5. The van der Waals surface area contributed by atoms with Gasteiger partial charge in [-0.05, 0) is 29.7 Å². The van der Waals surface area contributed by atoms with E-state index in [0.717, 1.165) is 40.0 Å². The van der Waals surface area contributed by atoms with Crippen LogP contribution in [-0.2, 0) is 6.54 Å². The van der Waals surface area contributed by atoms with Gasteiger partial charge in [0.2, 0.25) is 0 Å². The van der Waals surface area contributed by atoms with E-state index in [1.807, 2.05) is 65.6 Å². The Labute approximate surface area is 175 Å². The smallest absolute Gasteiger partial charge is 0.322 e. The summed E-state index contributed by atoms with van der Waals surface area (Å²) in [5.74, 6) is 0.778. The molecule has 1 unspecified atom stereocenters. The summed E-state index contributed by atoms with van der Waals surface area (Å²) in [7, 11) is 1.67. The first-order valence-corrected chi connectivity index (χ1v) is 10.1. The molecular weight excluding hydrogens is 374 g/mol. The van der Waals surface area contributed by atoms with Crippen LogP contribution in [0.25, 0.3) is 10.8 Å². The van der Waals surface area contributed by atoms with Crippen molar-refractivity contribution in [2.24, 2.45) is 0 Å². The maximum Gasteiger partial charge on any atom is 0.322 e. The Morgan fingerprint density at radius 3 is 2.63 bits per heavy atom. The van der Waals surface area contributed by atoms with E-state index in [2.05, 4.69) is 34.3 Å². The Hall–Kier alpha value is -3.73. The summed E-state index contributed by atoms with van der Waals surface area (Å²) in [6.07, 6.45) is 2.07. The summed E-state index contributed by atoms with van der Waals surface area (Å²) >= 11 is 0. The number of nitrogens with one attached hydrogen (secondary N) is 1. The summed E-state index contributed by atoms with van der Waals surface area (Å²) in [5.41, 5.74) is 2.88. The van der Waals surface area contributed by atoms with Crippen LogP contribution in [0.1, 0.15) is 17.3 Å². The minimum atomic E-state index is -0.222. The molecular formula is C25H23N3O2. The molecule has 0 saturated heterocycles. The Morgan fingerprint density at radius 1 is 0.933 bits per heavy atom. The third-order valence-corrected chi connectivity index (χ3v) is 5.76. The van der Waals surface area contributed by atoms with Crippen LogP contribution in [0.2, 0.25) is 0 Å². The number of para-hydroxylation sites is 1. The molecule has 4 aromatic rings. The molecule has 1 aliphatic rings. The van der Waals surface area contributed by atoms with Crippen LogP contribution >= 0.6 is 0 Å². The van der Waals surface area contributed by atoms with Crippen LogP contribution < -0.4 is 10.1 Å². The van der Waals surface area contributed by atoms with Gasteiger partial charge in [0.25, 0.3) is 0 Å². The number of hydrogen-bond acceptors (Lipinski definition) is 2. The van der Waals surface area contributed by atoms with E-state index in [1.165, 1.54) is 0 Å². The van der Waals surface area contributed by atoms with E-state index >= 15 is 0 Å². The van der Waals surface area contributed by atoms with Gasteiger partial charge < -0.3 is 19.5 Å². The van der Waals surface area contributed by atoms with Crippen molar-refractivity contribution >= 4 is 22.5 Å². The zero-order valence-corrected chi connectivity index (χ0v) is 16.8. The average Bonchev–Trinajstić information content (AvgIpc) is 3.27. The fourth-order valence-corrected chi connectivity index (χ4v) is 4.34. The first-order valence-electron chi connectivity index (χ1n) is 10.1. The second kappa shape index (κ2) is 7.59. The summed E-state index contributed by atoms with van der Waals surface area (Å²) in [5, 5.41) is 5.28. The van der Waals surface area contributed by atoms with E-state index in [-0.39, 0.29) is 12.1 Å². The highest BCUT2D eigenvalue weighted by Gasteiger charge is 2.34. The molecule has 0 saturated carbocycles. The number of carbonyl (C=O) groups is 1. The number of nitrogens with zero attached hydrogens (tertiary/aromatic N) is 2. The number of benzene rings is 3. The van der Waals surface area contributed by atoms with Crippen molar-refractivity contribution in [3.05, 3.63) is 96.3 Å². The summed E-state index contributed by atoms with van der Waals surface area (Å²) in [6, 6.07) is 25.7. The van der Waals surface area contributed by atoms with Crippen molar-refractivity contribution in [2.45, 2.75) is 12.6 Å². The maximum atomic E-state index is 13.5. The van der Waals surface area contributed by atoms with Crippen LogP contribution in [0.4, 0.5) is 10.5 Å². The Kier molecular flexibility index (Phi) is 4.64. The molecule has 5 heteroatoms. The van der Waals surface area contributed by atoms with E-state index in [4.69, 9.17) is 4.74 Å². The van der Waals surface area contributed by atoms with Gasteiger partial charge in [0.1, 0.15) is 11.8 Å². The van der Waals surface area contributed by atoms with Crippen LogP contribution in [0.15, 0.2) is 85.1 Å². The third-order valence-electron chi connectivity index (χ3n) is 5.76. The predicted molar refractivity (Wildman–Crippen MR) is 119 cm³/mol. The number of amides is 2. The quantitative estimate of drug-likeness (QED) is 0.511. The molecule has 150 valence electrons. The van der Waals surface area contributed by atoms with Gasteiger partial charge in [0, 0.05) is 35.9 Å². The molecule has 0 fully saturated rings. The molecule has 1 atom stereocenters. The van der Waals surface area contributed by atoms with Gasteiger partial charge in [0.15, 0.2) is 0 Å². The van der Waals surface area contributed by atoms with Crippen molar-refractivity contribution in [3.63, 3.8) is 0 Å². The lowest BCUT2D eigenvalue weighted by atomic mass is 9.99. The van der Waals surface area contributed by atoms with Gasteiger partial charge in [-0.1, -0.05) is 54.6 Å². The van der Waals surface area contributed by atoms with Crippen molar-refractivity contribution in [2.75, 3.05) is 19.0 Å². The molecule has 0 spiro atoms. The molecule has 1 aliphatic heterocycles. The number of anilines is 1. The van der Waals surface area contributed by atoms with Gasteiger partial charge in [-0.2, -0.15) is 0 Å². The molecule has 0 bridgehead atoms. The molecule has 1 N–H and O–H groups in total. The molecule has 0 aliphatic carbocycles. The average molecular weight is 397 g/mol. The predicted octanol–water partition coefficient (Wildman–Crippen LogP) is 5.29. The number of carbonyl (C=O) groups excluding carboxylic acids is 1.